The summed E-state index contributed by atoms with van der Waals surface area (Å²) in [4.78, 5) is 14.6. The Kier molecular flexibility index (Phi) is 6.89. The number of urea groups is 1. The number of carbonyl (C=O) groups excluding carboxylic acids is 1. The van der Waals surface area contributed by atoms with Crippen LogP contribution in [0.15, 0.2) is 54.6 Å². The Morgan fingerprint density at radius 1 is 1.04 bits per heavy atom. The van der Waals surface area contributed by atoms with Crippen LogP contribution >= 0.6 is 11.6 Å². The van der Waals surface area contributed by atoms with Crippen LogP contribution in [0.3, 0.4) is 0 Å². The lowest BCUT2D eigenvalue weighted by Gasteiger charge is -2.34. The number of nitrogens with one attached hydrogen (secondary N) is 2. The van der Waals surface area contributed by atoms with E-state index in [1.165, 1.54) is 5.56 Å². The van der Waals surface area contributed by atoms with Crippen LogP contribution in [-0.4, -0.2) is 43.8 Å². The summed E-state index contributed by atoms with van der Waals surface area (Å²) in [7, 11) is 0. The summed E-state index contributed by atoms with van der Waals surface area (Å²) in [6.07, 6.45) is 0. The fourth-order valence-corrected chi connectivity index (χ4v) is 3.29. The highest BCUT2D eigenvalue weighted by molar-refractivity contribution is 6.31. The van der Waals surface area contributed by atoms with Crippen LogP contribution in [0, 0.1) is 0 Å². The zero-order valence-electron chi connectivity index (χ0n) is 14.7. The number of nitrogens with zero attached hydrogens (tertiary/aromatic N) is 1. The molecule has 1 heterocycles. The third-order valence-corrected chi connectivity index (χ3v) is 4.89. The van der Waals surface area contributed by atoms with Crippen molar-refractivity contribution < 1.29 is 9.53 Å². The van der Waals surface area contributed by atoms with Crippen LogP contribution in [-0.2, 0) is 11.3 Å². The molecule has 0 aliphatic carbocycles. The molecule has 6 heteroatoms. The van der Waals surface area contributed by atoms with Gasteiger partial charge in [0.15, 0.2) is 0 Å². The zero-order chi connectivity index (χ0) is 18.2. The third kappa shape index (κ3) is 5.21. The Morgan fingerprint density at radius 2 is 1.73 bits per heavy atom. The van der Waals surface area contributed by atoms with Gasteiger partial charge >= 0.3 is 6.03 Å². The number of morpholine rings is 1. The number of rotatable bonds is 6. The van der Waals surface area contributed by atoms with Crippen molar-refractivity contribution in [3.63, 3.8) is 0 Å². The largest absolute Gasteiger partial charge is 0.379 e. The summed E-state index contributed by atoms with van der Waals surface area (Å²) in [5.41, 5.74) is 2.10. The zero-order valence-corrected chi connectivity index (χ0v) is 15.4. The molecule has 1 aliphatic heterocycles. The molecule has 0 radical (unpaired) electrons. The van der Waals surface area contributed by atoms with Gasteiger partial charge in [0.1, 0.15) is 0 Å². The Balaban J connectivity index is 1.56. The highest BCUT2D eigenvalue weighted by Crippen LogP contribution is 2.21. The van der Waals surface area contributed by atoms with Crippen molar-refractivity contribution in [2.75, 3.05) is 32.8 Å². The van der Waals surface area contributed by atoms with Gasteiger partial charge in [-0.15, -0.1) is 0 Å². The smallest absolute Gasteiger partial charge is 0.315 e. The summed E-state index contributed by atoms with van der Waals surface area (Å²) in [6.45, 7) is 4.12. The first-order valence-corrected chi connectivity index (χ1v) is 9.23. The predicted molar refractivity (Wildman–Crippen MR) is 103 cm³/mol. The van der Waals surface area contributed by atoms with Gasteiger partial charge in [-0.2, -0.15) is 0 Å². The number of halogens is 1. The van der Waals surface area contributed by atoms with Crippen molar-refractivity contribution in [2.45, 2.75) is 12.6 Å². The lowest BCUT2D eigenvalue weighted by molar-refractivity contribution is 0.0167. The first kappa shape index (κ1) is 18.7. The summed E-state index contributed by atoms with van der Waals surface area (Å²) >= 11 is 6.13. The van der Waals surface area contributed by atoms with Crippen molar-refractivity contribution in [1.82, 2.24) is 15.5 Å². The molecule has 26 heavy (non-hydrogen) atoms. The van der Waals surface area contributed by atoms with E-state index in [9.17, 15) is 4.79 Å². The maximum atomic E-state index is 12.2. The summed E-state index contributed by atoms with van der Waals surface area (Å²) in [6, 6.07) is 17.7. The highest BCUT2D eigenvalue weighted by atomic mass is 35.5. The first-order valence-electron chi connectivity index (χ1n) is 8.86. The summed E-state index contributed by atoms with van der Waals surface area (Å²) in [5.74, 6) is 0. The molecule has 1 atom stereocenters. The van der Waals surface area contributed by atoms with Gasteiger partial charge in [0.2, 0.25) is 0 Å². The van der Waals surface area contributed by atoms with Gasteiger partial charge in [0, 0.05) is 31.2 Å². The number of hydrogen-bond acceptors (Lipinski definition) is 3. The molecule has 2 aromatic carbocycles. The number of hydrogen-bond donors (Lipinski definition) is 2. The standard InChI is InChI=1S/C20H24ClN3O2/c21-18-9-5-4-8-17(18)14-22-20(25)23-15-19(16-6-2-1-3-7-16)24-10-12-26-13-11-24/h1-9,19H,10-15H2,(H2,22,23,25)/t19-/m1/s1. The van der Waals surface area contributed by atoms with Crippen molar-refractivity contribution in [3.8, 4) is 0 Å². The van der Waals surface area contributed by atoms with E-state index in [0.717, 1.165) is 31.9 Å². The Hall–Kier alpha value is -2.08. The maximum Gasteiger partial charge on any atom is 0.315 e. The van der Waals surface area contributed by atoms with Crippen LogP contribution in [0.5, 0.6) is 0 Å². The van der Waals surface area contributed by atoms with Gasteiger partial charge in [-0.05, 0) is 17.2 Å². The van der Waals surface area contributed by atoms with Gasteiger partial charge in [0.05, 0.1) is 19.3 Å². The van der Waals surface area contributed by atoms with E-state index >= 15 is 0 Å². The average molecular weight is 374 g/mol. The number of carbonyl (C=O) groups is 1. The normalized spacial score (nSPS) is 16.0. The molecule has 1 aliphatic rings. The molecule has 2 aromatic rings. The quantitative estimate of drug-likeness (QED) is 0.817. The molecule has 0 aromatic heterocycles. The molecule has 5 nitrogen and oxygen atoms in total. The van der Waals surface area contributed by atoms with E-state index in [1.54, 1.807) is 0 Å². The minimum atomic E-state index is -0.195. The Bertz CT molecular complexity index is 705. The Morgan fingerprint density at radius 3 is 2.46 bits per heavy atom. The van der Waals surface area contributed by atoms with Crippen LogP contribution in [0.2, 0.25) is 5.02 Å². The molecular formula is C20H24ClN3O2. The van der Waals surface area contributed by atoms with Gasteiger partial charge in [-0.3, -0.25) is 4.90 Å². The van der Waals surface area contributed by atoms with Crippen molar-refractivity contribution in [3.05, 3.63) is 70.7 Å². The van der Waals surface area contributed by atoms with Crippen LogP contribution in [0.25, 0.3) is 0 Å². The molecular weight excluding hydrogens is 350 g/mol. The van der Waals surface area contributed by atoms with Crippen molar-refractivity contribution >= 4 is 17.6 Å². The number of amides is 2. The van der Waals surface area contributed by atoms with Crippen LogP contribution < -0.4 is 10.6 Å². The monoisotopic (exact) mass is 373 g/mol. The minimum absolute atomic E-state index is 0.131. The van der Waals surface area contributed by atoms with Gasteiger partial charge in [0.25, 0.3) is 0 Å². The van der Waals surface area contributed by atoms with Gasteiger partial charge in [-0.1, -0.05) is 60.1 Å². The van der Waals surface area contributed by atoms with Crippen LogP contribution in [0.4, 0.5) is 4.79 Å². The molecule has 2 N–H and O–H groups in total. The van der Waals surface area contributed by atoms with E-state index in [1.807, 2.05) is 42.5 Å². The fourth-order valence-electron chi connectivity index (χ4n) is 3.09. The SMILES string of the molecule is O=C(NCc1ccccc1Cl)NC[C@H](c1ccccc1)N1CCOCC1. The fraction of sp³-hybridized carbons (Fsp3) is 0.350. The first-order chi connectivity index (χ1) is 12.7. The molecule has 0 bridgehead atoms. The molecule has 1 saturated heterocycles. The Labute approximate surface area is 159 Å². The lowest BCUT2D eigenvalue weighted by atomic mass is 10.0. The minimum Gasteiger partial charge on any atom is -0.379 e. The van der Waals surface area contributed by atoms with Crippen LogP contribution in [0.1, 0.15) is 17.2 Å². The molecule has 0 spiro atoms. The molecule has 0 unspecified atom stereocenters. The average Bonchev–Trinajstić information content (AvgIpc) is 2.69. The van der Waals surface area contributed by atoms with E-state index in [2.05, 4.69) is 27.7 Å². The van der Waals surface area contributed by atoms with E-state index in [4.69, 9.17) is 16.3 Å². The lowest BCUT2D eigenvalue weighted by Crippen LogP contribution is -2.45. The molecule has 3 rings (SSSR count). The topological polar surface area (TPSA) is 53.6 Å². The van der Waals surface area contributed by atoms with Gasteiger partial charge < -0.3 is 15.4 Å². The second-order valence-corrected chi connectivity index (χ2v) is 6.64. The predicted octanol–water partition coefficient (Wildman–Crippen LogP) is 3.21. The summed E-state index contributed by atoms with van der Waals surface area (Å²) < 4.78 is 5.46. The number of ether oxygens (including phenoxy) is 1. The highest BCUT2D eigenvalue weighted by Gasteiger charge is 2.23. The third-order valence-electron chi connectivity index (χ3n) is 4.52. The van der Waals surface area contributed by atoms with E-state index in [-0.39, 0.29) is 12.1 Å². The number of benzene rings is 2. The van der Waals surface area contributed by atoms with Crippen molar-refractivity contribution in [1.29, 1.82) is 0 Å². The van der Waals surface area contributed by atoms with Crippen molar-refractivity contribution in [2.24, 2.45) is 0 Å². The molecule has 0 saturated carbocycles. The molecule has 138 valence electrons. The van der Waals surface area contributed by atoms with Gasteiger partial charge in [-0.25, -0.2) is 4.79 Å². The maximum absolute atomic E-state index is 12.2. The molecule has 1 fully saturated rings. The second kappa shape index (κ2) is 9.57. The second-order valence-electron chi connectivity index (χ2n) is 6.23. The van der Waals surface area contributed by atoms with E-state index in [0.29, 0.717) is 18.1 Å². The summed E-state index contributed by atoms with van der Waals surface area (Å²) in [5, 5.41) is 6.52. The van der Waals surface area contributed by atoms with E-state index < -0.39 is 0 Å². The molecule has 2 amide bonds.